The number of hydrogen-bond acceptors (Lipinski definition) is 4. The molecule has 0 aromatic heterocycles. The maximum atomic E-state index is 10.7. The van der Waals surface area contributed by atoms with Crippen LogP contribution in [0.5, 0.6) is 0 Å². The van der Waals surface area contributed by atoms with Crippen molar-refractivity contribution in [2.75, 3.05) is 0 Å². The Morgan fingerprint density at radius 2 is 0.941 bits per heavy atom. The molecular formula is C28H40O6. The van der Waals surface area contributed by atoms with Crippen molar-refractivity contribution in [3.63, 3.8) is 0 Å². The lowest BCUT2D eigenvalue weighted by molar-refractivity contribution is -0.144. The first-order chi connectivity index (χ1) is 16.1. The molecule has 2 rings (SSSR count). The van der Waals surface area contributed by atoms with Crippen LogP contribution in [0.3, 0.4) is 0 Å². The fraction of sp³-hybridized carbons (Fsp3) is 0.500. The number of aryl methyl sites for hydroxylation is 2. The zero-order valence-corrected chi connectivity index (χ0v) is 20.4. The minimum atomic E-state index is -1.07. The predicted octanol–water partition coefficient (Wildman–Crippen LogP) is 5.25. The Balaban J connectivity index is 0.000000340. The van der Waals surface area contributed by atoms with E-state index in [1.165, 1.54) is 0 Å². The Labute approximate surface area is 203 Å². The normalized spacial score (nSPS) is 14.2. The van der Waals surface area contributed by atoms with Crippen molar-refractivity contribution in [2.45, 2.75) is 89.3 Å². The SMILES string of the molecule is CCC[C@@](O)(CCc1ccccc1)CC(=O)O.CCC[C@@](O)(CCc1ccccc1)CC(=O)O. The maximum absolute atomic E-state index is 10.7. The van der Waals surface area contributed by atoms with E-state index in [0.29, 0.717) is 38.5 Å². The molecule has 0 saturated heterocycles. The van der Waals surface area contributed by atoms with E-state index in [-0.39, 0.29) is 12.8 Å². The highest BCUT2D eigenvalue weighted by atomic mass is 16.4. The molecule has 4 N–H and O–H groups in total. The van der Waals surface area contributed by atoms with Gasteiger partial charge in [0.15, 0.2) is 0 Å². The Morgan fingerprint density at radius 3 is 1.21 bits per heavy atom. The van der Waals surface area contributed by atoms with Gasteiger partial charge >= 0.3 is 11.9 Å². The van der Waals surface area contributed by atoms with Crippen molar-refractivity contribution in [1.82, 2.24) is 0 Å². The minimum absolute atomic E-state index is 0.173. The summed E-state index contributed by atoms with van der Waals surface area (Å²) in [5.41, 5.74) is 0.118. The van der Waals surface area contributed by atoms with Crippen molar-refractivity contribution in [1.29, 1.82) is 0 Å². The number of carboxylic acids is 2. The first-order valence-corrected chi connectivity index (χ1v) is 12.1. The van der Waals surface area contributed by atoms with Gasteiger partial charge in [-0.3, -0.25) is 9.59 Å². The Hall–Kier alpha value is -2.70. The summed E-state index contributed by atoms with van der Waals surface area (Å²) in [7, 11) is 0. The molecule has 2 aromatic carbocycles. The number of aliphatic carboxylic acids is 2. The first kappa shape index (κ1) is 29.3. The van der Waals surface area contributed by atoms with Gasteiger partial charge in [0.05, 0.1) is 24.0 Å². The molecule has 0 bridgehead atoms. The van der Waals surface area contributed by atoms with Gasteiger partial charge < -0.3 is 20.4 Å². The highest BCUT2D eigenvalue weighted by Crippen LogP contribution is 2.25. The van der Waals surface area contributed by atoms with Crippen LogP contribution < -0.4 is 0 Å². The largest absolute Gasteiger partial charge is 0.481 e. The number of carbonyl (C=O) groups is 2. The maximum Gasteiger partial charge on any atom is 0.306 e. The molecule has 6 heteroatoms. The average molecular weight is 473 g/mol. The van der Waals surface area contributed by atoms with Gasteiger partial charge in [-0.1, -0.05) is 87.4 Å². The highest BCUT2D eigenvalue weighted by molar-refractivity contribution is 5.68. The first-order valence-electron chi connectivity index (χ1n) is 12.1. The molecule has 0 fully saturated rings. The Morgan fingerprint density at radius 1 is 0.618 bits per heavy atom. The lowest BCUT2D eigenvalue weighted by Crippen LogP contribution is -2.32. The van der Waals surface area contributed by atoms with Crippen LogP contribution >= 0.6 is 0 Å². The molecule has 34 heavy (non-hydrogen) atoms. The average Bonchev–Trinajstić information content (AvgIpc) is 2.78. The smallest absolute Gasteiger partial charge is 0.306 e. The van der Waals surface area contributed by atoms with Gasteiger partial charge in [0, 0.05) is 0 Å². The molecule has 2 atom stereocenters. The topological polar surface area (TPSA) is 115 Å². The summed E-state index contributed by atoms with van der Waals surface area (Å²) in [4.78, 5) is 21.5. The van der Waals surface area contributed by atoms with Crippen molar-refractivity contribution in [3.05, 3.63) is 71.8 Å². The molecule has 0 heterocycles. The van der Waals surface area contributed by atoms with E-state index in [9.17, 15) is 19.8 Å². The molecule has 0 aliphatic rings. The van der Waals surface area contributed by atoms with E-state index in [4.69, 9.17) is 10.2 Å². The van der Waals surface area contributed by atoms with E-state index in [1.54, 1.807) is 0 Å². The number of carboxylic acid groups (broad SMARTS) is 2. The standard InChI is InChI=1S/2C14H20O3/c2*1-2-9-14(17,11-13(15)16)10-8-12-6-4-3-5-7-12/h2*3-7,17H,2,8-11H2,1H3,(H,15,16)/t2*14-/m11/s1. The van der Waals surface area contributed by atoms with E-state index in [2.05, 4.69) is 0 Å². The second-order valence-corrected chi connectivity index (χ2v) is 9.06. The summed E-state index contributed by atoms with van der Waals surface area (Å²) >= 11 is 0. The van der Waals surface area contributed by atoms with E-state index < -0.39 is 23.1 Å². The molecule has 0 aliphatic carbocycles. The van der Waals surface area contributed by atoms with Gasteiger partial charge in [-0.15, -0.1) is 0 Å². The molecule has 0 aliphatic heterocycles. The van der Waals surface area contributed by atoms with Gasteiger partial charge in [-0.2, -0.15) is 0 Å². The van der Waals surface area contributed by atoms with Crippen molar-refractivity contribution >= 4 is 11.9 Å². The number of aliphatic hydroxyl groups is 2. The number of hydrogen-bond donors (Lipinski definition) is 4. The summed E-state index contributed by atoms with van der Waals surface area (Å²) < 4.78 is 0. The molecule has 2 aromatic rings. The number of benzene rings is 2. The summed E-state index contributed by atoms with van der Waals surface area (Å²) in [6.07, 6.45) is 4.72. The molecule has 0 radical (unpaired) electrons. The fourth-order valence-corrected chi connectivity index (χ4v) is 4.14. The third-order valence-electron chi connectivity index (χ3n) is 5.83. The monoisotopic (exact) mass is 472 g/mol. The van der Waals surface area contributed by atoms with E-state index in [1.807, 2.05) is 74.5 Å². The molecule has 0 saturated carbocycles. The summed E-state index contributed by atoms with van der Waals surface area (Å²) in [6, 6.07) is 19.7. The van der Waals surface area contributed by atoms with Crippen molar-refractivity contribution in [2.24, 2.45) is 0 Å². The van der Waals surface area contributed by atoms with Gasteiger partial charge in [0.2, 0.25) is 0 Å². The second-order valence-electron chi connectivity index (χ2n) is 9.06. The molecular weight excluding hydrogens is 432 g/mol. The zero-order chi connectivity index (χ0) is 25.5. The van der Waals surface area contributed by atoms with Crippen LogP contribution in [0.4, 0.5) is 0 Å². The lowest BCUT2D eigenvalue weighted by atomic mass is 9.87. The molecule has 0 unspecified atom stereocenters. The van der Waals surface area contributed by atoms with Gasteiger partial charge in [-0.05, 0) is 49.7 Å². The Kier molecular flexibility index (Phi) is 13.2. The predicted molar refractivity (Wildman–Crippen MR) is 134 cm³/mol. The van der Waals surface area contributed by atoms with Crippen LogP contribution in [-0.4, -0.2) is 43.6 Å². The highest BCUT2D eigenvalue weighted by Gasteiger charge is 2.29. The van der Waals surface area contributed by atoms with Gasteiger partial charge in [0.1, 0.15) is 0 Å². The van der Waals surface area contributed by atoms with Crippen molar-refractivity contribution in [3.8, 4) is 0 Å². The Bertz CT molecular complexity index is 767. The second kappa shape index (κ2) is 15.3. The zero-order valence-electron chi connectivity index (χ0n) is 20.4. The van der Waals surface area contributed by atoms with Crippen LogP contribution in [0.15, 0.2) is 60.7 Å². The molecule has 188 valence electrons. The lowest BCUT2D eigenvalue weighted by Gasteiger charge is -2.26. The van der Waals surface area contributed by atoms with Crippen molar-refractivity contribution < 1.29 is 30.0 Å². The van der Waals surface area contributed by atoms with Crippen LogP contribution in [0.1, 0.15) is 76.3 Å². The van der Waals surface area contributed by atoms with E-state index >= 15 is 0 Å². The number of rotatable bonds is 14. The van der Waals surface area contributed by atoms with Crippen LogP contribution in [0.2, 0.25) is 0 Å². The molecule has 6 nitrogen and oxygen atoms in total. The van der Waals surface area contributed by atoms with Crippen LogP contribution in [-0.2, 0) is 22.4 Å². The quantitative estimate of drug-likeness (QED) is 0.298. The van der Waals surface area contributed by atoms with Crippen LogP contribution in [0.25, 0.3) is 0 Å². The van der Waals surface area contributed by atoms with Gasteiger partial charge in [-0.25, -0.2) is 0 Å². The summed E-state index contributed by atoms with van der Waals surface area (Å²) in [5, 5.41) is 38.2. The summed E-state index contributed by atoms with van der Waals surface area (Å²) in [6.45, 7) is 3.91. The minimum Gasteiger partial charge on any atom is -0.481 e. The van der Waals surface area contributed by atoms with Crippen LogP contribution in [0, 0.1) is 0 Å². The third-order valence-corrected chi connectivity index (χ3v) is 5.83. The summed E-state index contributed by atoms with van der Waals surface area (Å²) in [5.74, 6) is -1.87. The van der Waals surface area contributed by atoms with E-state index in [0.717, 1.165) is 24.0 Å². The van der Waals surface area contributed by atoms with Gasteiger partial charge in [0.25, 0.3) is 0 Å². The molecule has 0 amide bonds. The fourth-order valence-electron chi connectivity index (χ4n) is 4.14. The molecule has 0 spiro atoms. The third kappa shape index (κ3) is 12.5.